The maximum atomic E-state index is 9.43. The van der Waals surface area contributed by atoms with E-state index in [0.717, 1.165) is 16.6 Å². The van der Waals surface area contributed by atoms with Crippen molar-refractivity contribution in [2.24, 2.45) is 0 Å². The smallest absolute Gasteiger partial charge is 0.0951 e. The van der Waals surface area contributed by atoms with Gasteiger partial charge in [-0.05, 0) is 19.1 Å². The van der Waals surface area contributed by atoms with Gasteiger partial charge >= 0.3 is 0 Å². The third-order valence-corrected chi connectivity index (χ3v) is 2.73. The Bertz CT molecular complexity index is 525. The van der Waals surface area contributed by atoms with Crippen molar-refractivity contribution in [2.75, 3.05) is 24.2 Å². The van der Waals surface area contributed by atoms with E-state index in [0.29, 0.717) is 12.2 Å². The SMILES string of the molecule is CC(O)CN(C)c1ccnc2c(N)cccc12. The molecule has 1 aromatic heterocycles. The van der Waals surface area contributed by atoms with Crippen molar-refractivity contribution in [2.45, 2.75) is 13.0 Å². The normalized spacial score (nSPS) is 12.6. The highest BCUT2D eigenvalue weighted by Gasteiger charge is 2.09. The Morgan fingerprint density at radius 1 is 1.41 bits per heavy atom. The van der Waals surface area contributed by atoms with Gasteiger partial charge in [-0.1, -0.05) is 12.1 Å². The molecule has 1 unspecified atom stereocenters. The lowest BCUT2D eigenvalue weighted by Crippen LogP contribution is -2.27. The van der Waals surface area contributed by atoms with E-state index >= 15 is 0 Å². The molecule has 0 bridgehead atoms. The summed E-state index contributed by atoms with van der Waals surface area (Å²) in [5, 5.41) is 10.4. The summed E-state index contributed by atoms with van der Waals surface area (Å²) in [4.78, 5) is 6.30. The summed E-state index contributed by atoms with van der Waals surface area (Å²) in [6.45, 7) is 2.35. The topological polar surface area (TPSA) is 62.4 Å². The lowest BCUT2D eigenvalue weighted by molar-refractivity contribution is 0.201. The summed E-state index contributed by atoms with van der Waals surface area (Å²) in [6.07, 6.45) is 1.37. The molecule has 3 N–H and O–H groups in total. The number of anilines is 2. The number of aliphatic hydroxyl groups excluding tert-OH is 1. The summed E-state index contributed by atoms with van der Waals surface area (Å²) < 4.78 is 0. The second kappa shape index (κ2) is 4.59. The average Bonchev–Trinajstić information content (AvgIpc) is 2.28. The van der Waals surface area contributed by atoms with Crippen molar-refractivity contribution in [3.8, 4) is 0 Å². The van der Waals surface area contributed by atoms with E-state index in [2.05, 4.69) is 4.98 Å². The number of nitrogens with two attached hydrogens (primary N) is 1. The first-order chi connectivity index (χ1) is 8.09. The molecular weight excluding hydrogens is 214 g/mol. The van der Waals surface area contributed by atoms with Gasteiger partial charge in [0.2, 0.25) is 0 Å². The summed E-state index contributed by atoms with van der Waals surface area (Å²) in [6, 6.07) is 7.68. The number of hydrogen-bond donors (Lipinski definition) is 2. The lowest BCUT2D eigenvalue weighted by atomic mass is 10.1. The molecule has 4 nitrogen and oxygen atoms in total. The van der Waals surface area contributed by atoms with E-state index < -0.39 is 0 Å². The number of nitrogen functional groups attached to an aromatic ring is 1. The molecule has 2 rings (SSSR count). The largest absolute Gasteiger partial charge is 0.397 e. The van der Waals surface area contributed by atoms with E-state index in [1.165, 1.54) is 0 Å². The molecule has 0 saturated carbocycles. The molecule has 0 aliphatic heterocycles. The van der Waals surface area contributed by atoms with Gasteiger partial charge in [0.15, 0.2) is 0 Å². The molecule has 1 heterocycles. The number of aromatic nitrogens is 1. The Morgan fingerprint density at radius 3 is 2.88 bits per heavy atom. The van der Waals surface area contributed by atoms with Gasteiger partial charge < -0.3 is 15.7 Å². The van der Waals surface area contributed by atoms with Crippen molar-refractivity contribution < 1.29 is 5.11 Å². The van der Waals surface area contributed by atoms with Gasteiger partial charge in [0.1, 0.15) is 0 Å². The molecule has 0 radical (unpaired) electrons. The minimum Gasteiger partial charge on any atom is -0.397 e. The van der Waals surface area contributed by atoms with Gasteiger partial charge in [-0.3, -0.25) is 4.98 Å². The average molecular weight is 231 g/mol. The van der Waals surface area contributed by atoms with Crippen molar-refractivity contribution in [1.29, 1.82) is 0 Å². The monoisotopic (exact) mass is 231 g/mol. The van der Waals surface area contributed by atoms with Crippen molar-refractivity contribution in [3.05, 3.63) is 30.5 Å². The second-order valence-electron chi connectivity index (χ2n) is 4.30. The number of likely N-dealkylation sites (N-methyl/N-ethyl adjacent to an activating group) is 1. The minimum atomic E-state index is -0.371. The number of hydrogen-bond acceptors (Lipinski definition) is 4. The molecule has 0 spiro atoms. The third-order valence-electron chi connectivity index (χ3n) is 2.73. The van der Waals surface area contributed by atoms with Crippen LogP contribution in [0.3, 0.4) is 0 Å². The number of para-hydroxylation sites is 1. The highest BCUT2D eigenvalue weighted by atomic mass is 16.3. The predicted molar refractivity (Wildman–Crippen MR) is 71.1 cm³/mol. The first kappa shape index (κ1) is 11.7. The third kappa shape index (κ3) is 2.31. The van der Waals surface area contributed by atoms with Crippen LogP contribution in [-0.4, -0.2) is 29.8 Å². The fourth-order valence-corrected chi connectivity index (χ4v) is 2.01. The van der Waals surface area contributed by atoms with Crippen LogP contribution in [0.2, 0.25) is 0 Å². The van der Waals surface area contributed by atoms with Crippen LogP contribution in [0.5, 0.6) is 0 Å². The molecule has 2 aromatic rings. The second-order valence-corrected chi connectivity index (χ2v) is 4.30. The number of aliphatic hydroxyl groups is 1. The number of pyridine rings is 1. The Kier molecular flexibility index (Phi) is 3.15. The van der Waals surface area contributed by atoms with Gasteiger partial charge in [-0.25, -0.2) is 0 Å². The van der Waals surface area contributed by atoms with Gasteiger partial charge in [0.05, 0.1) is 17.3 Å². The molecule has 0 amide bonds. The van der Waals surface area contributed by atoms with Crippen molar-refractivity contribution in [3.63, 3.8) is 0 Å². The lowest BCUT2D eigenvalue weighted by Gasteiger charge is -2.22. The maximum Gasteiger partial charge on any atom is 0.0951 e. The molecule has 0 aliphatic rings. The number of fused-ring (bicyclic) bond motifs is 1. The minimum absolute atomic E-state index is 0.371. The van der Waals surface area contributed by atoms with Gasteiger partial charge in [0.25, 0.3) is 0 Å². The summed E-state index contributed by atoms with van der Waals surface area (Å²) in [5.41, 5.74) is 8.41. The van der Waals surface area contributed by atoms with Crippen molar-refractivity contribution in [1.82, 2.24) is 4.98 Å². The predicted octanol–water partition coefficient (Wildman–Crippen LogP) is 1.63. The fourth-order valence-electron chi connectivity index (χ4n) is 2.01. The van der Waals surface area contributed by atoms with E-state index in [-0.39, 0.29) is 6.10 Å². The molecule has 0 fully saturated rings. The number of nitrogens with zero attached hydrogens (tertiary/aromatic N) is 2. The molecule has 1 aromatic carbocycles. The van der Waals surface area contributed by atoms with Crippen LogP contribution in [0.1, 0.15) is 6.92 Å². The van der Waals surface area contributed by atoms with Crippen molar-refractivity contribution >= 4 is 22.3 Å². The summed E-state index contributed by atoms with van der Waals surface area (Å²) in [5.74, 6) is 0. The van der Waals surface area contributed by atoms with Crippen LogP contribution in [0.4, 0.5) is 11.4 Å². The van der Waals surface area contributed by atoms with E-state index in [9.17, 15) is 5.11 Å². The Hall–Kier alpha value is -1.81. The maximum absolute atomic E-state index is 9.43. The molecule has 90 valence electrons. The standard InChI is InChI=1S/C13H17N3O/c1-9(17)8-16(2)12-6-7-15-13-10(12)4-3-5-11(13)14/h3-7,9,17H,8,14H2,1-2H3. The van der Waals surface area contributed by atoms with E-state index in [4.69, 9.17) is 5.73 Å². The first-order valence-electron chi connectivity index (χ1n) is 5.62. The van der Waals surface area contributed by atoms with Crippen LogP contribution < -0.4 is 10.6 Å². The Morgan fingerprint density at radius 2 is 2.18 bits per heavy atom. The quantitative estimate of drug-likeness (QED) is 0.788. The van der Waals surface area contributed by atoms with Crippen LogP contribution in [0.15, 0.2) is 30.5 Å². The Balaban J connectivity index is 2.51. The van der Waals surface area contributed by atoms with Crippen LogP contribution >= 0.6 is 0 Å². The van der Waals surface area contributed by atoms with Crippen LogP contribution in [-0.2, 0) is 0 Å². The highest BCUT2D eigenvalue weighted by molar-refractivity contribution is 5.97. The summed E-state index contributed by atoms with van der Waals surface area (Å²) >= 11 is 0. The molecule has 17 heavy (non-hydrogen) atoms. The molecule has 1 atom stereocenters. The number of benzene rings is 1. The fraction of sp³-hybridized carbons (Fsp3) is 0.308. The van der Waals surface area contributed by atoms with Crippen LogP contribution in [0, 0.1) is 0 Å². The Labute approximate surface area is 101 Å². The molecule has 0 saturated heterocycles. The highest BCUT2D eigenvalue weighted by Crippen LogP contribution is 2.27. The first-order valence-corrected chi connectivity index (χ1v) is 5.62. The van der Waals surface area contributed by atoms with Gasteiger partial charge in [-0.15, -0.1) is 0 Å². The van der Waals surface area contributed by atoms with Gasteiger partial charge in [0, 0.05) is 30.9 Å². The van der Waals surface area contributed by atoms with Crippen LogP contribution in [0.25, 0.3) is 10.9 Å². The van der Waals surface area contributed by atoms with E-state index in [1.54, 1.807) is 13.1 Å². The zero-order valence-corrected chi connectivity index (χ0v) is 10.1. The molecule has 0 aliphatic carbocycles. The van der Waals surface area contributed by atoms with E-state index in [1.807, 2.05) is 36.2 Å². The summed E-state index contributed by atoms with van der Waals surface area (Å²) in [7, 11) is 1.95. The zero-order chi connectivity index (χ0) is 12.4. The zero-order valence-electron chi connectivity index (χ0n) is 10.1. The molecule has 4 heteroatoms. The van der Waals surface area contributed by atoms with Gasteiger partial charge in [-0.2, -0.15) is 0 Å². The molecular formula is C13H17N3O. The number of rotatable bonds is 3.